The van der Waals surface area contributed by atoms with E-state index < -0.39 is 47.4 Å². The minimum atomic E-state index is -4.71. The number of halogens is 3. The second-order valence-corrected chi connectivity index (χ2v) is 10.3. The SMILES string of the molecule is CC(=O)OCONN([O-])N(C)CCOC(=O)NS(=O)(=O)c1ccc(-n2nc(C(F)(F)F)cc2-c2ccc(C)cc2)cc1. The molecule has 0 spiro atoms. The first-order valence-electron chi connectivity index (χ1n) is 11.9. The maximum absolute atomic E-state index is 13.4. The molecule has 0 aliphatic carbocycles. The standard InChI is InChI=1S/C24H26F3N6O8S/c1-16-4-6-18(7-5-16)21-14-22(24(25,26)27)28-32(21)19-8-10-20(11-9-19)42(37,38)29-23(35)39-13-12-31(3)33(36)30-41-15-40-17(2)34/h4-11,14,30H,12-13,15H2,1-3H3,(H,29,35)/q-1. The van der Waals surface area contributed by atoms with Crippen LogP contribution in [0.25, 0.3) is 16.9 Å². The van der Waals surface area contributed by atoms with Crippen molar-refractivity contribution in [3.63, 3.8) is 0 Å². The largest absolute Gasteiger partial charge is 0.756 e. The topological polar surface area (TPSA) is 167 Å². The van der Waals surface area contributed by atoms with Crippen LogP contribution in [0.15, 0.2) is 59.5 Å². The summed E-state index contributed by atoms with van der Waals surface area (Å²) in [6.45, 7) is 1.83. The van der Waals surface area contributed by atoms with Gasteiger partial charge in [0.1, 0.15) is 6.61 Å². The number of nitrogens with one attached hydrogen (secondary N) is 2. The number of amides is 1. The highest BCUT2D eigenvalue weighted by atomic mass is 32.2. The number of carbonyl (C=O) groups is 2. The van der Waals surface area contributed by atoms with Crippen LogP contribution in [0.4, 0.5) is 18.0 Å². The summed E-state index contributed by atoms with van der Waals surface area (Å²) in [4.78, 5) is 26.9. The first-order valence-corrected chi connectivity index (χ1v) is 13.4. The Bertz CT molecular complexity index is 1480. The average molecular weight is 616 g/mol. The monoisotopic (exact) mass is 615 g/mol. The van der Waals surface area contributed by atoms with Crippen LogP contribution in [0.5, 0.6) is 0 Å². The van der Waals surface area contributed by atoms with Crippen molar-refractivity contribution < 1.29 is 45.5 Å². The maximum Gasteiger partial charge on any atom is 0.435 e. The summed E-state index contributed by atoms with van der Waals surface area (Å²) in [5.41, 5.74) is 2.39. The lowest BCUT2D eigenvalue weighted by molar-refractivity contribution is -0.201. The molecule has 2 N–H and O–H groups in total. The van der Waals surface area contributed by atoms with Crippen LogP contribution >= 0.6 is 0 Å². The molecule has 14 nitrogen and oxygen atoms in total. The van der Waals surface area contributed by atoms with Crippen LogP contribution in [-0.2, 0) is 35.3 Å². The Morgan fingerprint density at radius 2 is 1.71 bits per heavy atom. The van der Waals surface area contributed by atoms with Gasteiger partial charge in [0.15, 0.2) is 5.69 Å². The Hall–Kier alpha value is -4.07. The van der Waals surface area contributed by atoms with E-state index in [-0.39, 0.29) is 28.1 Å². The number of rotatable bonds is 12. The van der Waals surface area contributed by atoms with Gasteiger partial charge in [-0.1, -0.05) is 29.8 Å². The molecule has 228 valence electrons. The van der Waals surface area contributed by atoms with Gasteiger partial charge >= 0.3 is 18.2 Å². The Labute approximate surface area is 238 Å². The van der Waals surface area contributed by atoms with Gasteiger partial charge in [0.05, 0.1) is 16.3 Å². The number of ether oxygens (including phenoxy) is 2. The van der Waals surface area contributed by atoms with Gasteiger partial charge in [0.25, 0.3) is 10.0 Å². The van der Waals surface area contributed by atoms with Crippen LogP contribution in [0, 0.1) is 12.1 Å². The lowest BCUT2D eigenvalue weighted by Crippen LogP contribution is -2.46. The van der Waals surface area contributed by atoms with Gasteiger partial charge in [-0.3, -0.25) is 4.79 Å². The number of aryl methyl sites for hydroxylation is 1. The maximum atomic E-state index is 13.4. The number of esters is 1. The van der Waals surface area contributed by atoms with Crippen LogP contribution in [0.2, 0.25) is 0 Å². The number of hydrogen-bond donors (Lipinski definition) is 2. The van der Waals surface area contributed by atoms with Crippen molar-refractivity contribution in [1.29, 1.82) is 0 Å². The van der Waals surface area contributed by atoms with Gasteiger partial charge in [-0.25, -0.2) is 37.7 Å². The molecule has 2 aromatic carbocycles. The highest BCUT2D eigenvalue weighted by Crippen LogP contribution is 2.33. The number of sulfonamides is 1. The summed E-state index contributed by atoms with van der Waals surface area (Å²) < 4.78 is 77.5. The molecule has 0 aliphatic heterocycles. The molecule has 1 amide bonds. The van der Waals surface area contributed by atoms with E-state index >= 15 is 0 Å². The molecule has 18 heteroatoms. The molecule has 42 heavy (non-hydrogen) atoms. The van der Waals surface area contributed by atoms with E-state index in [9.17, 15) is 36.4 Å². The highest BCUT2D eigenvalue weighted by Gasteiger charge is 2.35. The van der Waals surface area contributed by atoms with E-state index in [4.69, 9.17) is 4.74 Å². The number of aromatic nitrogens is 2. The van der Waals surface area contributed by atoms with Crippen LogP contribution in [0.3, 0.4) is 0 Å². The Morgan fingerprint density at radius 1 is 1.07 bits per heavy atom. The summed E-state index contributed by atoms with van der Waals surface area (Å²) in [5, 5.41) is 16.5. The predicted molar refractivity (Wildman–Crippen MR) is 139 cm³/mol. The van der Waals surface area contributed by atoms with E-state index in [0.717, 1.165) is 40.4 Å². The molecule has 0 radical (unpaired) electrons. The van der Waals surface area contributed by atoms with E-state index in [1.54, 1.807) is 29.0 Å². The molecule has 3 aromatic rings. The number of alkyl halides is 3. The van der Waals surface area contributed by atoms with E-state index in [0.29, 0.717) is 5.56 Å². The van der Waals surface area contributed by atoms with Crippen LogP contribution in [-0.4, -0.2) is 67.5 Å². The van der Waals surface area contributed by atoms with Crippen molar-refractivity contribution in [2.24, 2.45) is 0 Å². The fourth-order valence-corrected chi connectivity index (χ4v) is 4.13. The average Bonchev–Trinajstić information content (AvgIpc) is 3.37. The summed E-state index contributed by atoms with van der Waals surface area (Å²) in [6, 6.07) is 12.3. The van der Waals surface area contributed by atoms with Gasteiger partial charge < -0.3 is 14.7 Å². The molecule has 1 heterocycles. The molecule has 0 fully saturated rings. The lowest BCUT2D eigenvalue weighted by Gasteiger charge is -2.35. The number of carbonyl (C=O) groups excluding carboxylic acids is 2. The van der Waals surface area contributed by atoms with Crippen molar-refractivity contribution in [2.45, 2.75) is 24.9 Å². The first kappa shape index (κ1) is 32.4. The molecule has 0 unspecified atom stereocenters. The summed E-state index contributed by atoms with van der Waals surface area (Å²) in [5.74, 6) is -0.627. The number of hydrogen-bond acceptors (Lipinski definition) is 12. The number of likely N-dealkylation sites (N-methyl/N-ethyl adjacent to an activating group) is 1. The molecule has 0 atom stereocenters. The number of benzene rings is 2. The third-order valence-corrected chi connectivity index (χ3v) is 6.71. The van der Waals surface area contributed by atoms with Crippen molar-refractivity contribution >= 4 is 22.1 Å². The Kier molecular flexibility index (Phi) is 10.6. The van der Waals surface area contributed by atoms with Gasteiger partial charge in [-0.2, -0.15) is 18.3 Å². The van der Waals surface area contributed by atoms with Gasteiger partial charge in [0.2, 0.25) is 6.79 Å². The smallest absolute Gasteiger partial charge is 0.435 e. The first-order chi connectivity index (χ1) is 19.7. The molecule has 0 saturated heterocycles. The molecular weight excluding hydrogens is 589 g/mol. The molecule has 0 bridgehead atoms. The molecule has 0 saturated carbocycles. The second-order valence-electron chi connectivity index (χ2n) is 8.57. The predicted octanol–water partition coefficient (Wildman–Crippen LogP) is 2.88. The zero-order valence-corrected chi connectivity index (χ0v) is 23.2. The van der Waals surface area contributed by atoms with E-state index in [1.165, 1.54) is 19.2 Å². The summed E-state index contributed by atoms with van der Waals surface area (Å²) >= 11 is 0. The normalized spacial score (nSPS) is 12.0. The summed E-state index contributed by atoms with van der Waals surface area (Å²) in [7, 11) is -3.14. The van der Waals surface area contributed by atoms with Crippen molar-refractivity contribution in [2.75, 3.05) is 27.0 Å². The van der Waals surface area contributed by atoms with Gasteiger partial charge in [0, 0.05) is 26.1 Å². The number of hydrazine groups is 2. The Morgan fingerprint density at radius 3 is 2.31 bits per heavy atom. The second kappa shape index (κ2) is 13.7. The van der Waals surface area contributed by atoms with Gasteiger partial charge in [-0.05, 0) is 37.3 Å². The fourth-order valence-electron chi connectivity index (χ4n) is 3.24. The van der Waals surface area contributed by atoms with Crippen molar-refractivity contribution in [1.82, 2.24) is 30.4 Å². The zero-order chi connectivity index (χ0) is 31.1. The fraction of sp³-hybridized carbons (Fsp3) is 0.292. The van der Waals surface area contributed by atoms with Crippen molar-refractivity contribution in [3.8, 4) is 16.9 Å². The molecular formula is C24H26F3N6O8S-. The third kappa shape index (κ3) is 8.96. The van der Waals surface area contributed by atoms with Gasteiger partial charge in [-0.15, -0.1) is 5.59 Å². The molecule has 0 aliphatic rings. The third-order valence-electron chi connectivity index (χ3n) is 5.38. The Balaban J connectivity index is 1.63. The van der Waals surface area contributed by atoms with E-state index in [1.807, 2.05) is 12.5 Å². The van der Waals surface area contributed by atoms with E-state index in [2.05, 4.69) is 14.7 Å². The summed E-state index contributed by atoms with van der Waals surface area (Å²) in [6.07, 6.45) is -6.05. The van der Waals surface area contributed by atoms with Crippen molar-refractivity contribution in [3.05, 3.63) is 71.1 Å². The zero-order valence-electron chi connectivity index (χ0n) is 22.4. The minimum absolute atomic E-state index is 0.102. The quantitative estimate of drug-likeness (QED) is 0.133. The highest BCUT2D eigenvalue weighted by molar-refractivity contribution is 7.90. The van der Waals surface area contributed by atoms with Crippen LogP contribution < -0.4 is 10.3 Å². The number of nitrogens with zero attached hydrogens (tertiary/aromatic N) is 4. The molecule has 3 rings (SSSR count). The minimum Gasteiger partial charge on any atom is -0.756 e. The van der Waals surface area contributed by atoms with Crippen LogP contribution in [0.1, 0.15) is 18.2 Å². The lowest BCUT2D eigenvalue weighted by atomic mass is 10.1. The molecule has 1 aromatic heterocycles.